The van der Waals surface area contributed by atoms with Crippen molar-refractivity contribution in [3.8, 4) is 11.8 Å². The molecule has 22 heavy (non-hydrogen) atoms. The zero-order valence-electron chi connectivity index (χ0n) is 11.5. The number of carboxylic acid groups (broad SMARTS) is 1. The maximum Gasteiger partial charge on any atom is 0.341 e. The van der Waals surface area contributed by atoms with Crippen molar-refractivity contribution in [3.63, 3.8) is 0 Å². The van der Waals surface area contributed by atoms with Crippen LogP contribution in [0.3, 0.4) is 0 Å². The molecule has 1 N–H and O–H groups in total. The summed E-state index contributed by atoms with van der Waals surface area (Å²) in [5.74, 6) is -1.04. The number of allylic oxidation sites excluding steroid dienone is 1. The van der Waals surface area contributed by atoms with E-state index < -0.39 is 18.4 Å². The highest BCUT2D eigenvalue weighted by molar-refractivity contribution is 5.89. The van der Waals surface area contributed by atoms with Crippen LogP contribution in [0.25, 0.3) is 11.6 Å². The molecule has 0 radical (unpaired) electrons. The third-order valence-electron chi connectivity index (χ3n) is 2.81. The quantitative estimate of drug-likeness (QED) is 0.678. The lowest BCUT2D eigenvalue weighted by Gasteiger charge is -2.04. The van der Waals surface area contributed by atoms with Crippen LogP contribution in [0.15, 0.2) is 48.5 Å². The Kier molecular flexibility index (Phi) is 4.89. The number of nitriles is 1. The van der Waals surface area contributed by atoms with E-state index in [0.29, 0.717) is 16.9 Å². The van der Waals surface area contributed by atoms with Gasteiger partial charge in [-0.2, -0.15) is 5.26 Å². The van der Waals surface area contributed by atoms with Gasteiger partial charge in [0.2, 0.25) is 0 Å². The molecular formula is C17H12FNO3. The molecule has 2 rings (SSSR count). The number of aliphatic carboxylic acids is 1. The number of hydrogen-bond donors (Lipinski definition) is 1. The summed E-state index contributed by atoms with van der Waals surface area (Å²) in [6, 6.07) is 14.4. The summed E-state index contributed by atoms with van der Waals surface area (Å²) in [5, 5.41) is 17.7. The van der Waals surface area contributed by atoms with E-state index in [1.54, 1.807) is 42.5 Å². The minimum Gasteiger partial charge on any atom is -0.482 e. The lowest BCUT2D eigenvalue weighted by Crippen LogP contribution is -2.09. The molecule has 0 bridgehead atoms. The second-order valence-electron chi connectivity index (χ2n) is 4.43. The Bertz CT molecular complexity index is 745. The molecule has 2 aromatic rings. The average Bonchev–Trinajstić information content (AvgIpc) is 2.51. The third kappa shape index (κ3) is 4.18. The Morgan fingerprint density at radius 1 is 1.27 bits per heavy atom. The smallest absolute Gasteiger partial charge is 0.341 e. The molecule has 0 fully saturated rings. The molecule has 5 heteroatoms. The second-order valence-corrected chi connectivity index (χ2v) is 4.43. The standard InChI is InChI=1S/C17H12FNO3/c18-15-3-1-2-13(9-15)14(10-19)8-12-4-6-16(7-5-12)22-11-17(20)21/h1-9H,11H2,(H,20,21)/b14-8+. The van der Waals surface area contributed by atoms with Gasteiger partial charge < -0.3 is 9.84 Å². The van der Waals surface area contributed by atoms with Crippen molar-refractivity contribution in [2.75, 3.05) is 6.61 Å². The molecule has 0 aliphatic heterocycles. The highest BCUT2D eigenvalue weighted by atomic mass is 19.1. The fourth-order valence-electron chi connectivity index (χ4n) is 1.81. The van der Waals surface area contributed by atoms with Crippen LogP contribution in [-0.4, -0.2) is 17.7 Å². The van der Waals surface area contributed by atoms with Crippen LogP contribution >= 0.6 is 0 Å². The monoisotopic (exact) mass is 297 g/mol. The number of carbonyl (C=O) groups is 1. The van der Waals surface area contributed by atoms with E-state index in [-0.39, 0.29) is 0 Å². The topological polar surface area (TPSA) is 70.3 Å². The van der Waals surface area contributed by atoms with Crippen molar-refractivity contribution in [2.45, 2.75) is 0 Å². The third-order valence-corrected chi connectivity index (χ3v) is 2.81. The number of hydrogen-bond acceptors (Lipinski definition) is 3. The van der Waals surface area contributed by atoms with Gasteiger partial charge >= 0.3 is 5.97 Å². The summed E-state index contributed by atoms with van der Waals surface area (Å²) in [7, 11) is 0. The molecule has 0 saturated carbocycles. The van der Waals surface area contributed by atoms with Crippen LogP contribution in [0, 0.1) is 17.1 Å². The molecule has 0 aromatic heterocycles. The maximum atomic E-state index is 13.2. The SMILES string of the molecule is N#C/C(=C\c1ccc(OCC(=O)O)cc1)c1cccc(F)c1. The Balaban J connectivity index is 2.20. The van der Waals surface area contributed by atoms with Crippen LogP contribution in [0.4, 0.5) is 4.39 Å². The van der Waals surface area contributed by atoms with Gasteiger partial charge in [0.25, 0.3) is 0 Å². The van der Waals surface area contributed by atoms with E-state index in [1.807, 2.05) is 6.07 Å². The Morgan fingerprint density at radius 3 is 2.59 bits per heavy atom. The molecule has 4 nitrogen and oxygen atoms in total. The van der Waals surface area contributed by atoms with Crippen molar-refractivity contribution in [2.24, 2.45) is 0 Å². The van der Waals surface area contributed by atoms with Crippen molar-refractivity contribution in [3.05, 3.63) is 65.5 Å². The van der Waals surface area contributed by atoms with Gasteiger partial charge in [-0.15, -0.1) is 0 Å². The lowest BCUT2D eigenvalue weighted by atomic mass is 10.0. The summed E-state index contributed by atoms with van der Waals surface area (Å²) >= 11 is 0. The first kappa shape index (κ1) is 15.3. The second kappa shape index (κ2) is 7.04. The summed E-state index contributed by atoms with van der Waals surface area (Å²) in [5.41, 5.74) is 1.55. The zero-order valence-corrected chi connectivity index (χ0v) is 11.5. The van der Waals surface area contributed by atoms with Crippen LogP contribution < -0.4 is 4.74 Å². The van der Waals surface area contributed by atoms with E-state index in [0.717, 1.165) is 5.56 Å². The number of ether oxygens (including phenoxy) is 1. The Labute approximate surface area is 126 Å². The number of benzene rings is 2. The van der Waals surface area contributed by atoms with Crippen LogP contribution in [0.5, 0.6) is 5.75 Å². The van der Waals surface area contributed by atoms with Gasteiger partial charge in [0.05, 0.1) is 11.6 Å². The summed E-state index contributed by atoms with van der Waals surface area (Å²) in [6.45, 7) is -0.415. The van der Waals surface area contributed by atoms with E-state index in [1.165, 1.54) is 12.1 Å². The number of carboxylic acids is 1. The first-order chi connectivity index (χ1) is 10.6. The molecule has 110 valence electrons. The highest BCUT2D eigenvalue weighted by Gasteiger charge is 2.03. The lowest BCUT2D eigenvalue weighted by molar-refractivity contribution is -0.139. The average molecular weight is 297 g/mol. The van der Waals surface area contributed by atoms with Gasteiger partial charge in [0.15, 0.2) is 6.61 Å². The molecule has 0 aliphatic carbocycles. The number of nitrogens with zero attached hydrogens (tertiary/aromatic N) is 1. The van der Waals surface area contributed by atoms with Gasteiger partial charge in [-0.3, -0.25) is 0 Å². The Morgan fingerprint density at radius 2 is 2.00 bits per heavy atom. The summed E-state index contributed by atoms with van der Waals surface area (Å²) in [6.07, 6.45) is 1.62. The molecule has 0 unspecified atom stereocenters. The molecule has 0 spiro atoms. The van der Waals surface area contributed by atoms with Gasteiger partial charge in [-0.05, 0) is 41.5 Å². The van der Waals surface area contributed by atoms with Gasteiger partial charge in [0.1, 0.15) is 11.6 Å². The maximum absolute atomic E-state index is 13.2. The van der Waals surface area contributed by atoms with Crippen molar-refractivity contribution >= 4 is 17.6 Å². The molecule has 2 aromatic carbocycles. The van der Waals surface area contributed by atoms with Crippen molar-refractivity contribution < 1.29 is 19.0 Å². The predicted molar refractivity (Wildman–Crippen MR) is 79.5 cm³/mol. The van der Waals surface area contributed by atoms with Gasteiger partial charge in [-0.1, -0.05) is 24.3 Å². The van der Waals surface area contributed by atoms with Crippen molar-refractivity contribution in [1.29, 1.82) is 5.26 Å². The van der Waals surface area contributed by atoms with Crippen LogP contribution in [0.1, 0.15) is 11.1 Å². The minimum atomic E-state index is -1.05. The molecule has 0 atom stereocenters. The number of halogens is 1. The fraction of sp³-hybridized carbons (Fsp3) is 0.0588. The molecular weight excluding hydrogens is 285 g/mol. The first-order valence-electron chi connectivity index (χ1n) is 6.41. The van der Waals surface area contributed by atoms with E-state index >= 15 is 0 Å². The van der Waals surface area contributed by atoms with E-state index in [9.17, 15) is 14.4 Å². The summed E-state index contributed by atoms with van der Waals surface area (Å²) in [4.78, 5) is 10.4. The predicted octanol–water partition coefficient (Wildman–Crippen LogP) is 3.35. The van der Waals surface area contributed by atoms with E-state index in [4.69, 9.17) is 9.84 Å². The fourth-order valence-corrected chi connectivity index (χ4v) is 1.81. The minimum absolute atomic E-state index is 0.332. The first-order valence-corrected chi connectivity index (χ1v) is 6.41. The zero-order chi connectivity index (χ0) is 15.9. The Hall–Kier alpha value is -3.13. The normalized spacial score (nSPS) is 10.8. The van der Waals surface area contributed by atoms with E-state index in [2.05, 4.69) is 0 Å². The number of rotatable bonds is 5. The van der Waals surface area contributed by atoms with Crippen LogP contribution in [0.2, 0.25) is 0 Å². The van der Waals surface area contributed by atoms with Gasteiger partial charge in [0, 0.05) is 0 Å². The van der Waals surface area contributed by atoms with Gasteiger partial charge in [-0.25, -0.2) is 9.18 Å². The van der Waals surface area contributed by atoms with Crippen LogP contribution in [-0.2, 0) is 4.79 Å². The molecule has 0 saturated heterocycles. The molecule has 0 heterocycles. The highest BCUT2D eigenvalue weighted by Crippen LogP contribution is 2.20. The molecule has 0 amide bonds. The van der Waals surface area contributed by atoms with Crippen molar-refractivity contribution in [1.82, 2.24) is 0 Å². The largest absolute Gasteiger partial charge is 0.482 e. The summed E-state index contributed by atoms with van der Waals surface area (Å²) < 4.78 is 18.2. The molecule has 0 aliphatic rings.